The van der Waals surface area contributed by atoms with Gasteiger partial charge in [-0.15, -0.1) is 0 Å². The minimum Gasteiger partial charge on any atom is -0.349 e. The van der Waals surface area contributed by atoms with E-state index < -0.39 is 0 Å². The summed E-state index contributed by atoms with van der Waals surface area (Å²) in [7, 11) is 2.02. The largest absolute Gasteiger partial charge is 0.404 e. The number of anilines is 2. The summed E-state index contributed by atoms with van der Waals surface area (Å²) in [6.07, 6.45) is 4.04. The van der Waals surface area contributed by atoms with Gasteiger partial charge >= 0.3 is 7.55 Å². The Morgan fingerprint density at radius 2 is 1.17 bits per heavy atom. The van der Waals surface area contributed by atoms with E-state index in [1.54, 1.807) is 22.7 Å². The summed E-state index contributed by atoms with van der Waals surface area (Å²) in [6, 6.07) is 16.4. The fourth-order valence-electron chi connectivity index (χ4n) is 2.52. The fraction of sp³-hybridized carbons (Fsp3) is 0. The molecule has 24 heavy (non-hydrogen) atoms. The van der Waals surface area contributed by atoms with E-state index in [1.165, 1.54) is 9.40 Å². The molecular formula is C16H10BIrN4S2. The molecule has 5 rings (SSSR count). The predicted octanol–water partition coefficient (Wildman–Crippen LogP) is 4.24. The van der Waals surface area contributed by atoms with Crippen molar-refractivity contribution in [3.8, 4) is 0 Å². The van der Waals surface area contributed by atoms with Crippen molar-refractivity contribution in [2.75, 3.05) is 9.62 Å². The number of hydrogen-bond acceptors (Lipinski definition) is 6. The monoisotopic (exact) mass is 526 g/mol. The number of rotatable bonds is 2. The van der Waals surface area contributed by atoms with Crippen LogP contribution in [0.2, 0.25) is 0 Å². The Bertz CT molecular complexity index is 897. The molecule has 1 aliphatic rings. The first-order chi connectivity index (χ1) is 11.4. The summed E-state index contributed by atoms with van der Waals surface area (Å²) in [5, 5.41) is 1.93. The van der Waals surface area contributed by atoms with Gasteiger partial charge in [-0.1, -0.05) is 46.9 Å². The molecule has 4 nitrogen and oxygen atoms in total. The van der Waals surface area contributed by atoms with Gasteiger partial charge in [-0.3, -0.25) is 0 Å². The second-order valence-corrected chi connectivity index (χ2v) is 7.17. The molecule has 0 saturated heterocycles. The third kappa shape index (κ3) is 2.65. The van der Waals surface area contributed by atoms with Gasteiger partial charge in [-0.25, -0.2) is 9.97 Å². The van der Waals surface area contributed by atoms with Crippen LogP contribution < -0.4 is 9.62 Å². The molecule has 0 N–H and O–H groups in total. The molecule has 0 aliphatic carbocycles. The van der Waals surface area contributed by atoms with E-state index in [2.05, 4.69) is 22.1 Å². The SMILES string of the molecule is [B]1N(c2nc3ccccc3s2)C=CN1c1nc2ccccc2s1.[Ir]. The molecule has 0 unspecified atom stereocenters. The summed E-state index contributed by atoms with van der Waals surface area (Å²) < 4.78 is 2.39. The topological polar surface area (TPSA) is 32.3 Å². The molecule has 0 saturated carbocycles. The van der Waals surface area contributed by atoms with Gasteiger partial charge in [-0.05, 0) is 24.3 Å². The predicted molar refractivity (Wildman–Crippen MR) is 99.1 cm³/mol. The van der Waals surface area contributed by atoms with E-state index in [4.69, 9.17) is 0 Å². The minimum atomic E-state index is 0. The second-order valence-electron chi connectivity index (χ2n) is 5.16. The molecule has 2 aromatic heterocycles. The number of aromatic nitrogens is 2. The van der Waals surface area contributed by atoms with Crippen LogP contribution >= 0.6 is 22.7 Å². The van der Waals surface area contributed by atoms with Crippen molar-refractivity contribution in [2.45, 2.75) is 0 Å². The zero-order valence-electron chi connectivity index (χ0n) is 12.3. The summed E-state index contributed by atoms with van der Waals surface area (Å²) in [5.74, 6) is 0. The zero-order chi connectivity index (χ0) is 15.2. The van der Waals surface area contributed by atoms with Crippen LogP contribution in [0.25, 0.3) is 20.4 Å². The van der Waals surface area contributed by atoms with Crippen molar-refractivity contribution in [1.82, 2.24) is 9.97 Å². The number of benzene rings is 2. The van der Waals surface area contributed by atoms with Crippen LogP contribution in [0.4, 0.5) is 10.3 Å². The number of hydrogen-bond donors (Lipinski definition) is 0. The second kappa shape index (κ2) is 6.29. The summed E-state index contributed by atoms with van der Waals surface area (Å²) in [6.45, 7) is 0. The van der Waals surface area contributed by atoms with Crippen LogP contribution in [0, 0.1) is 0 Å². The average Bonchev–Trinajstić information content (AvgIpc) is 3.30. The molecular weight excluding hydrogens is 515 g/mol. The van der Waals surface area contributed by atoms with E-state index in [0.717, 1.165) is 21.3 Å². The maximum absolute atomic E-state index is 4.68. The molecule has 0 fully saturated rings. The third-order valence-corrected chi connectivity index (χ3v) is 5.74. The first-order valence-corrected chi connectivity index (χ1v) is 8.81. The number of para-hydroxylation sites is 2. The van der Waals surface area contributed by atoms with Gasteiger partial charge in [0, 0.05) is 32.5 Å². The van der Waals surface area contributed by atoms with Gasteiger partial charge in [0.15, 0.2) is 10.3 Å². The molecule has 3 heterocycles. The Kier molecular flexibility index (Phi) is 4.14. The van der Waals surface area contributed by atoms with Crippen LogP contribution in [0.5, 0.6) is 0 Å². The van der Waals surface area contributed by atoms with Crippen molar-refractivity contribution < 1.29 is 20.1 Å². The quantitative estimate of drug-likeness (QED) is 0.367. The molecule has 0 bridgehead atoms. The van der Waals surface area contributed by atoms with E-state index in [9.17, 15) is 0 Å². The van der Waals surface area contributed by atoms with Crippen LogP contribution in [-0.4, -0.2) is 17.5 Å². The molecule has 4 aromatic rings. The molecule has 2 aromatic carbocycles. The van der Waals surface area contributed by atoms with Crippen molar-refractivity contribution in [1.29, 1.82) is 0 Å². The Morgan fingerprint density at radius 1 is 0.708 bits per heavy atom. The Morgan fingerprint density at radius 3 is 1.62 bits per heavy atom. The van der Waals surface area contributed by atoms with Gasteiger partial charge in [0.25, 0.3) is 0 Å². The molecule has 0 atom stereocenters. The summed E-state index contributed by atoms with van der Waals surface area (Å²) in [5.41, 5.74) is 2.07. The normalized spacial score (nSPS) is 13.5. The first kappa shape index (κ1) is 15.8. The Balaban J connectivity index is 0.00000146. The standard InChI is InChI=1S/C16H10BN4S2.Ir/c1-3-7-13-11(5-1)18-15(22-13)20-9-10-21(17-20)16-19-12-6-2-4-8-14(12)23-16;/h1-10H;. The third-order valence-electron chi connectivity index (χ3n) is 3.64. The summed E-state index contributed by atoms with van der Waals surface area (Å²) >= 11 is 3.37. The Labute approximate surface area is 161 Å². The maximum Gasteiger partial charge on any atom is 0.404 e. The van der Waals surface area contributed by atoms with Crippen molar-refractivity contribution in [2.24, 2.45) is 0 Å². The van der Waals surface area contributed by atoms with E-state index in [1.807, 2.05) is 66.0 Å². The van der Waals surface area contributed by atoms with Crippen molar-refractivity contribution >= 4 is 60.9 Å². The van der Waals surface area contributed by atoms with Gasteiger partial charge in [0.2, 0.25) is 0 Å². The van der Waals surface area contributed by atoms with Crippen LogP contribution in [0.1, 0.15) is 0 Å². The van der Waals surface area contributed by atoms with Crippen molar-refractivity contribution in [3.05, 3.63) is 60.9 Å². The molecule has 0 spiro atoms. The van der Waals surface area contributed by atoms with Crippen molar-refractivity contribution in [3.63, 3.8) is 0 Å². The molecule has 0 amide bonds. The zero-order valence-corrected chi connectivity index (χ0v) is 16.3. The van der Waals surface area contributed by atoms with Gasteiger partial charge < -0.3 is 9.62 Å². The number of thiazole rings is 2. The average molecular weight is 525 g/mol. The van der Waals surface area contributed by atoms with E-state index >= 15 is 0 Å². The molecule has 2 radical (unpaired) electrons. The fourth-order valence-corrected chi connectivity index (χ4v) is 4.36. The van der Waals surface area contributed by atoms with Gasteiger partial charge in [-0.2, -0.15) is 0 Å². The summed E-state index contributed by atoms with van der Waals surface area (Å²) in [4.78, 5) is 13.4. The van der Waals surface area contributed by atoms with E-state index in [0.29, 0.717) is 0 Å². The Hall–Kier alpha value is -1.73. The molecule has 1 aliphatic heterocycles. The smallest absolute Gasteiger partial charge is 0.349 e. The van der Waals surface area contributed by atoms with Crippen LogP contribution in [0.15, 0.2) is 60.9 Å². The molecule has 8 heteroatoms. The maximum atomic E-state index is 4.68. The minimum absolute atomic E-state index is 0. The van der Waals surface area contributed by atoms with Crippen LogP contribution in [0.3, 0.4) is 0 Å². The van der Waals surface area contributed by atoms with Gasteiger partial charge in [0.05, 0.1) is 20.4 Å². The number of nitrogens with zero attached hydrogens (tertiary/aromatic N) is 4. The van der Waals surface area contributed by atoms with Crippen LogP contribution in [-0.2, 0) is 20.1 Å². The first-order valence-electron chi connectivity index (χ1n) is 7.18. The number of fused-ring (bicyclic) bond motifs is 2. The van der Waals surface area contributed by atoms with Gasteiger partial charge in [0.1, 0.15) is 0 Å². The molecule has 118 valence electrons. The van der Waals surface area contributed by atoms with E-state index in [-0.39, 0.29) is 20.1 Å².